The fraction of sp³-hybridized carbons (Fsp3) is 1.00. The first-order chi connectivity index (χ1) is 8.69. The molecule has 0 saturated carbocycles. The van der Waals surface area contributed by atoms with E-state index in [0.29, 0.717) is 19.0 Å². The van der Waals surface area contributed by atoms with Crippen LogP contribution in [0.3, 0.4) is 0 Å². The van der Waals surface area contributed by atoms with Gasteiger partial charge in [-0.3, -0.25) is 0 Å². The zero-order valence-electron chi connectivity index (χ0n) is 12.5. The van der Waals surface area contributed by atoms with E-state index in [4.69, 9.17) is 0 Å². The monoisotopic (exact) mass is 292 g/mol. The van der Waals surface area contributed by atoms with Crippen LogP contribution in [-0.2, 0) is 10.2 Å². The highest BCUT2D eigenvalue weighted by molar-refractivity contribution is 7.87. The third-order valence-corrected chi connectivity index (χ3v) is 5.77. The van der Waals surface area contributed by atoms with E-state index in [9.17, 15) is 13.5 Å². The van der Waals surface area contributed by atoms with Crippen molar-refractivity contribution in [2.45, 2.75) is 52.6 Å². The summed E-state index contributed by atoms with van der Waals surface area (Å²) >= 11 is 0. The van der Waals surface area contributed by atoms with Crippen molar-refractivity contribution in [2.24, 2.45) is 11.8 Å². The van der Waals surface area contributed by atoms with E-state index in [-0.39, 0.29) is 12.5 Å². The minimum absolute atomic E-state index is 0.0514. The van der Waals surface area contributed by atoms with Crippen LogP contribution in [-0.4, -0.2) is 43.1 Å². The van der Waals surface area contributed by atoms with Crippen LogP contribution in [0, 0.1) is 11.8 Å². The molecule has 3 unspecified atom stereocenters. The van der Waals surface area contributed by atoms with E-state index < -0.39 is 15.8 Å². The average Bonchev–Trinajstić information content (AvgIpc) is 2.35. The van der Waals surface area contributed by atoms with E-state index in [2.05, 4.69) is 11.6 Å². The number of nitrogens with one attached hydrogen (secondary N) is 1. The number of hydrogen-bond donors (Lipinski definition) is 2. The van der Waals surface area contributed by atoms with E-state index >= 15 is 0 Å². The van der Waals surface area contributed by atoms with Crippen molar-refractivity contribution in [1.29, 1.82) is 0 Å². The van der Waals surface area contributed by atoms with Crippen LogP contribution in [0.5, 0.6) is 0 Å². The smallest absolute Gasteiger partial charge is 0.279 e. The molecule has 3 atom stereocenters. The van der Waals surface area contributed by atoms with Gasteiger partial charge in [0.1, 0.15) is 0 Å². The SMILES string of the molecule is CCC(C)C(C)(O)CNS(=O)(=O)N1CCCC(C)C1. The Labute approximate surface area is 117 Å². The lowest BCUT2D eigenvalue weighted by molar-refractivity contribution is 0.00981. The minimum atomic E-state index is -3.47. The summed E-state index contributed by atoms with van der Waals surface area (Å²) in [4.78, 5) is 0. The molecule has 1 rings (SSSR count). The maximum atomic E-state index is 12.2. The number of aliphatic hydroxyl groups is 1. The molecule has 0 spiro atoms. The molecular weight excluding hydrogens is 264 g/mol. The number of hydrogen-bond acceptors (Lipinski definition) is 3. The lowest BCUT2D eigenvalue weighted by atomic mass is 9.89. The first-order valence-electron chi connectivity index (χ1n) is 7.16. The van der Waals surface area contributed by atoms with Gasteiger partial charge in [-0.2, -0.15) is 17.4 Å². The second kappa shape index (κ2) is 6.52. The van der Waals surface area contributed by atoms with Gasteiger partial charge in [0, 0.05) is 19.6 Å². The Balaban J connectivity index is 2.60. The molecule has 1 aliphatic rings. The molecule has 0 amide bonds. The Kier molecular flexibility index (Phi) is 5.79. The van der Waals surface area contributed by atoms with Crippen molar-refractivity contribution < 1.29 is 13.5 Å². The maximum absolute atomic E-state index is 12.2. The molecule has 0 bridgehead atoms. The van der Waals surface area contributed by atoms with E-state index in [0.717, 1.165) is 19.3 Å². The maximum Gasteiger partial charge on any atom is 0.279 e. The molecule has 6 heteroatoms. The molecule has 0 aromatic heterocycles. The second-order valence-corrected chi connectivity index (χ2v) is 7.85. The topological polar surface area (TPSA) is 69.6 Å². The van der Waals surface area contributed by atoms with Crippen LogP contribution in [0.2, 0.25) is 0 Å². The van der Waals surface area contributed by atoms with Gasteiger partial charge < -0.3 is 5.11 Å². The summed E-state index contributed by atoms with van der Waals surface area (Å²) in [6, 6.07) is 0. The zero-order valence-corrected chi connectivity index (χ0v) is 13.3. The largest absolute Gasteiger partial charge is 0.389 e. The standard InChI is InChI=1S/C13H28N2O3S/c1-5-12(3)13(4,16)10-14-19(17,18)15-8-6-7-11(2)9-15/h11-12,14,16H,5-10H2,1-4H3. The summed E-state index contributed by atoms with van der Waals surface area (Å²) in [7, 11) is -3.47. The first kappa shape index (κ1) is 16.9. The van der Waals surface area contributed by atoms with Crippen molar-refractivity contribution in [3.8, 4) is 0 Å². The van der Waals surface area contributed by atoms with E-state index in [1.165, 1.54) is 4.31 Å². The fourth-order valence-electron chi connectivity index (χ4n) is 2.31. The Morgan fingerprint density at radius 3 is 2.68 bits per heavy atom. The summed E-state index contributed by atoms with van der Waals surface area (Å²) in [5.74, 6) is 0.455. The van der Waals surface area contributed by atoms with Crippen LogP contribution < -0.4 is 4.72 Å². The molecule has 0 aromatic rings. The van der Waals surface area contributed by atoms with Crippen LogP contribution in [0.4, 0.5) is 0 Å². The molecule has 5 nitrogen and oxygen atoms in total. The molecule has 1 aliphatic heterocycles. The summed E-state index contributed by atoms with van der Waals surface area (Å²) in [6.45, 7) is 8.87. The van der Waals surface area contributed by atoms with Gasteiger partial charge in [-0.1, -0.05) is 27.2 Å². The number of nitrogens with zero attached hydrogens (tertiary/aromatic N) is 1. The predicted octanol–water partition coefficient (Wildman–Crippen LogP) is 1.35. The van der Waals surface area contributed by atoms with Gasteiger partial charge in [0.15, 0.2) is 0 Å². The molecule has 0 aliphatic carbocycles. The van der Waals surface area contributed by atoms with Gasteiger partial charge in [-0.05, 0) is 31.6 Å². The molecule has 0 radical (unpaired) electrons. The quantitative estimate of drug-likeness (QED) is 0.776. The third kappa shape index (κ3) is 4.70. The van der Waals surface area contributed by atoms with Gasteiger partial charge in [0.2, 0.25) is 0 Å². The van der Waals surface area contributed by atoms with E-state index in [1.807, 2.05) is 13.8 Å². The molecule has 1 saturated heterocycles. The molecular formula is C13H28N2O3S. The average molecular weight is 292 g/mol. The van der Waals surface area contributed by atoms with E-state index in [1.54, 1.807) is 6.92 Å². The van der Waals surface area contributed by atoms with Crippen LogP contribution in [0.25, 0.3) is 0 Å². The summed E-state index contributed by atoms with van der Waals surface area (Å²) in [5, 5.41) is 10.3. The highest BCUT2D eigenvalue weighted by atomic mass is 32.2. The molecule has 1 heterocycles. The van der Waals surface area contributed by atoms with Crippen LogP contribution >= 0.6 is 0 Å². The molecule has 114 valence electrons. The van der Waals surface area contributed by atoms with Crippen molar-refractivity contribution in [2.75, 3.05) is 19.6 Å². The fourth-order valence-corrected chi connectivity index (χ4v) is 3.78. The highest BCUT2D eigenvalue weighted by Gasteiger charge is 2.32. The van der Waals surface area contributed by atoms with Crippen LogP contribution in [0.15, 0.2) is 0 Å². The van der Waals surface area contributed by atoms with Crippen molar-refractivity contribution >= 4 is 10.2 Å². The number of rotatable bonds is 6. The highest BCUT2D eigenvalue weighted by Crippen LogP contribution is 2.21. The first-order valence-corrected chi connectivity index (χ1v) is 8.60. The Morgan fingerprint density at radius 2 is 2.16 bits per heavy atom. The molecule has 19 heavy (non-hydrogen) atoms. The van der Waals surface area contributed by atoms with Crippen molar-refractivity contribution in [3.05, 3.63) is 0 Å². The van der Waals surface area contributed by atoms with Crippen LogP contribution in [0.1, 0.15) is 47.0 Å². The lowest BCUT2D eigenvalue weighted by Crippen LogP contribution is -2.51. The predicted molar refractivity (Wildman–Crippen MR) is 77.0 cm³/mol. The third-order valence-electron chi connectivity index (χ3n) is 4.25. The van der Waals surface area contributed by atoms with Gasteiger partial charge in [-0.25, -0.2) is 0 Å². The Morgan fingerprint density at radius 1 is 1.53 bits per heavy atom. The van der Waals surface area contributed by atoms with Gasteiger partial charge in [-0.15, -0.1) is 0 Å². The van der Waals surface area contributed by atoms with Gasteiger partial charge in [0.25, 0.3) is 10.2 Å². The summed E-state index contributed by atoms with van der Waals surface area (Å²) in [5.41, 5.74) is -1.01. The normalized spacial score (nSPS) is 26.9. The summed E-state index contributed by atoms with van der Waals surface area (Å²) < 4.78 is 28.4. The second-order valence-electron chi connectivity index (χ2n) is 6.10. The van der Waals surface area contributed by atoms with Gasteiger partial charge in [0.05, 0.1) is 5.60 Å². The lowest BCUT2D eigenvalue weighted by Gasteiger charge is -2.33. The number of piperidine rings is 1. The molecule has 2 N–H and O–H groups in total. The van der Waals surface area contributed by atoms with Gasteiger partial charge >= 0.3 is 0 Å². The summed E-state index contributed by atoms with van der Waals surface area (Å²) in [6.07, 6.45) is 2.80. The van der Waals surface area contributed by atoms with Crippen molar-refractivity contribution in [3.63, 3.8) is 0 Å². The molecule has 0 aromatic carbocycles. The zero-order chi connectivity index (χ0) is 14.7. The Bertz CT molecular complexity index is 381. The Hall–Kier alpha value is -0.170. The minimum Gasteiger partial charge on any atom is -0.389 e. The molecule has 1 fully saturated rings. The van der Waals surface area contributed by atoms with Crippen molar-refractivity contribution in [1.82, 2.24) is 9.03 Å².